The molecular weight excluding hydrogens is 404 g/mol. The third kappa shape index (κ3) is 3.80. The third-order valence-corrected chi connectivity index (χ3v) is 6.51. The van der Waals surface area contributed by atoms with Crippen LogP contribution in [0, 0.1) is 0 Å². The van der Waals surface area contributed by atoms with Crippen molar-refractivity contribution in [3.63, 3.8) is 0 Å². The van der Waals surface area contributed by atoms with E-state index in [1.807, 2.05) is 6.07 Å². The summed E-state index contributed by atoms with van der Waals surface area (Å²) in [6.07, 6.45) is 3.92. The SMILES string of the molecule is CN1CCCc2cc(/C=C3/SC(=S)N(C(C(=O)O)c4ccccc4)C3=O)ccc21. The molecule has 1 unspecified atom stereocenters. The van der Waals surface area contributed by atoms with Crippen molar-refractivity contribution >= 4 is 51.9 Å². The Hall–Kier alpha value is -2.64. The van der Waals surface area contributed by atoms with Gasteiger partial charge in [-0.3, -0.25) is 9.69 Å². The van der Waals surface area contributed by atoms with Crippen LogP contribution in [0.25, 0.3) is 6.08 Å². The molecule has 5 nitrogen and oxygen atoms in total. The Labute approximate surface area is 179 Å². The predicted octanol–water partition coefficient (Wildman–Crippen LogP) is 4.10. The molecule has 0 bridgehead atoms. The van der Waals surface area contributed by atoms with Gasteiger partial charge >= 0.3 is 5.97 Å². The summed E-state index contributed by atoms with van der Waals surface area (Å²) in [5, 5.41) is 9.77. The topological polar surface area (TPSA) is 60.9 Å². The van der Waals surface area contributed by atoms with Gasteiger partial charge in [-0.05, 0) is 47.7 Å². The monoisotopic (exact) mass is 424 g/mol. The highest BCUT2D eigenvalue weighted by atomic mass is 32.2. The van der Waals surface area contributed by atoms with E-state index in [4.69, 9.17) is 12.2 Å². The summed E-state index contributed by atoms with van der Waals surface area (Å²) in [5.74, 6) is -1.48. The third-order valence-electron chi connectivity index (χ3n) is 5.18. The van der Waals surface area contributed by atoms with Crippen LogP contribution >= 0.6 is 24.0 Å². The Kier molecular flexibility index (Phi) is 5.43. The molecule has 2 heterocycles. The zero-order valence-corrected chi connectivity index (χ0v) is 17.5. The maximum absolute atomic E-state index is 13.1. The minimum absolute atomic E-state index is 0.259. The van der Waals surface area contributed by atoms with Crippen molar-refractivity contribution in [3.8, 4) is 0 Å². The van der Waals surface area contributed by atoms with Gasteiger partial charge in [-0.25, -0.2) is 4.79 Å². The zero-order chi connectivity index (χ0) is 20.5. The number of carbonyl (C=O) groups is 2. The van der Waals surface area contributed by atoms with Crippen LogP contribution < -0.4 is 4.90 Å². The Morgan fingerprint density at radius 3 is 2.72 bits per heavy atom. The van der Waals surface area contributed by atoms with E-state index in [0.29, 0.717) is 10.5 Å². The number of benzene rings is 2. The fraction of sp³-hybridized carbons (Fsp3) is 0.227. The van der Waals surface area contributed by atoms with Gasteiger partial charge < -0.3 is 10.0 Å². The van der Waals surface area contributed by atoms with E-state index in [1.54, 1.807) is 36.4 Å². The number of carboxylic acid groups (broad SMARTS) is 1. The maximum atomic E-state index is 13.1. The molecule has 1 atom stereocenters. The molecule has 148 valence electrons. The van der Waals surface area contributed by atoms with Crippen molar-refractivity contribution in [2.45, 2.75) is 18.9 Å². The fourth-order valence-corrected chi connectivity index (χ4v) is 5.10. The van der Waals surface area contributed by atoms with E-state index in [2.05, 4.69) is 24.1 Å². The van der Waals surface area contributed by atoms with Gasteiger partial charge in [0.25, 0.3) is 5.91 Å². The number of hydrogen-bond acceptors (Lipinski definition) is 5. The van der Waals surface area contributed by atoms with Crippen molar-refractivity contribution in [2.24, 2.45) is 0 Å². The molecule has 7 heteroatoms. The molecular formula is C22H20N2O3S2. The molecule has 29 heavy (non-hydrogen) atoms. The van der Waals surface area contributed by atoms with Gasteiger partial charge in [0.2, 0.25) is 0 Å². The normalized spacial score (nSPS) is 18.9. The molecule has 2 aliphatic rings. The van der Waals surface area contributed by atoms with Gasteiger partial charge in [0, 0.05) is 19.3 Å². The van der Waals surface area contributed by atoms with E-state index in [-0.39, 0.29) is 10.2 Å². The number of anilines is 1. The number of carboxylic acids is 1. The van der Waals surface area contributed by atoms with Crippen molar-refractivity contribution in [2.75, 3.05) is 18.5 Å². The first-order chi connectivity index (χ1) is 14.0. The molecule has 4 rings (SSSR count). The molecule has 1 saturated heterocycles. The number of thiocarbonyl (C=S) groups is 1. The lowest BCUT2D eigenvalue weighted by Gasteiger charge is -2.27. The number of nitrogens with zero attached hydrogens (tertiary/aromatic N) is 2. The average Bonchev–Trinajstić information content (AvgIpc) is 2.97. The van der Waals surface area contributed by atoms with E-state index < -0.39 is 12.0 Å². The number of thioether (sulfide) groups is 1. The number of aryl methyl sites for hydroxylation is 1. The van der Waals surface area contributed by atoms with Crippen LogP contribution in [-0.2, 0) is 16.0 Å². The van der Waals surface area contributed by atoms with Crippen molar-refractivity contribution in [3.05, 3.63) is 70.1 Å². The molecule has 0 aromatic heterocycles. The molecule has 1 fully saturated rings. The second kappa shape index (κ2) is 8.00. The average molecular weight is 425 g/mol. The molecule has 0 saturated carbocycles. The zero-order valence-electron chi connectivity index (χ0n) is 15.9. The summed E-state index contributed by atoms with van der Waals surface area (Å²) >= 11 is 6.53. The van der Waals surface area contributed by atoms with E-state index in [0.717, 1.165) is 36.7 Å². The summed E-state index contributed by atoms with van der Waals surface area (Å²) < 4.78 is 0.259. The molecule has 1 amide bonds. The highest BCUT2D eigenvalue weighted by Crippen LogP contribution is 2.39. The lowest BCUT2D eigenvalue weighted by atomic mass is 9.99. The van der Waals surface area contributed by atoms with E-state index in [1.165, 1.54) is 16.2 Å². The number of carbonyl (C=O) groups excluding carboxylic acids is 1. The summed E-state index contributed by atoms with van der Waals surface area (Å²) in [4.78, 5) is 28.9. The second-order valence-corrected chi connectivity index (χ2v) is 8.79. The van der Waals surface area contributed by atoms with Gasteiger partial charge in [-0.2, -0.15) is 0 Å². The molecule has 0 radical (unpaired) electrons. The maximum Gasteiger partial charge on any atom is 0.331 e. The van der Waals surface area contributed by atoms with Crippen LogP contribution in [0.2, 0.25) is 0 Å². The minimum atomic E-state index is -1.13. The van der Waals surface area contributed by atoms with Gasteiger partial charge in [0.1, 0.15) is 4.32 Å². The smallest absolute Gasteiger partial charge is 0.331 e. The molecule has 1 N–H and O–H groups in total. The number of amides is 1. The van der Waals surface area contributed by atoms with Crippen LogP contribution in [0.1, 0.15) is 29.2 Å². The van der Waals surface area contributed by atoms with Gasteiger partial charge in [-0.15, -0.1) is 0 Å². The summed E-state index contributed by atoms with van der Waals surface area (Å²) in [5.41, 5.74) is 3.92. The fourth-order valence-electron chi connectivity index (χ4n) is 3.79. The van der Waals surface area contributed by atoms with Gasteiger partial charge in [0.05, 0.1) is 4.91 Å². The highest BCUT2D eigenvalue weighted by Gasteiger charge is 2.41. The number of fused-ring (bicyclic) bond motifs is 1. The standard InChI is InChI=1S/C22H20N2O3S2/c1-23-11-5-8-16-12-14(9-10-17(16)23)13-18-20(25)24(22(28)29-18)19(21(26)27)15-6-3-2-4-7-15/h2-4,6-7,9-10,12-13,19H,5,8,11H2,1H3,(H,26,27)/b18-13+. The summed E-state index contributed by atoms with van der Waals surface area (Å²) in [6, 6.07) is 13.7. The van der Waals surface area contributed by atoms with Crippen molar-refractivity contribution < 1.29 is 14.7 Å². The summed E-state index contributed by atoms with van der Waals surface area (Å²) in [7, 11) is 2.08. The molecule has 2 aromatic rings. The summed E-state index contributed by atoms with van der Waals surface area (Å²) in [6.45, 7) is 1.04. The predicted molar refractivity (Wildman–Crippen MR) is 120 cm³/mol. The van der Waals surface area contributed by atoms with Crippen molar-refractivity contribution in [1.29, 1.82) is 0 Å². The Morgan fingerprint density at radius 1 is 1.24 bits per heavy atom. The van der Waals surface area contributed by atoms with Crippen LogP contribution in [0.5, 0.6) is 0 Å². The lowest BCUT2D eigenvalue weighted by molar-refractivity contribution is -0.145. The van der Waals surface area contributed by atoms with Crippen LogP contribution in [-0.4, -0.2) is 39.8 Å². The van der Waals surface area contributed by atoms with E-state index in [9.17, 15) is 14.7 Å². The Balaban J connectivity index is 1.65. The largest absolute Gasteiger partial charge is 0.479 e. The van der Waals surface area contributed by atoms with Gasteiger partial charge in [-0.1, -0.05) is 60.4 Å². The van der Waals surface area contributed by atoms with Crippen LogP contribution in [0.4, 0.5) is 5.69 Å². The van der Waals surface area contributed by atoms with E-state index >= 15 is 0 Å². The molecule has 2 aromatic carbocycles. The van der Waals surface area contributed by atoms with Crippen molar-refractivity contribution in [1.82, 2.24) is 4.90 Å². The first-order valence-electron chi connectivity index (χ1n) is 9.34. The van der Waals surface area contributed by atoms with Crippen LogP contribution in [0.15, 0.2) is 53.4 Å². The van der Waals surface area contributed by atoms with Crippen LogP contribution in [0.3, 0.4) is 0 Å². The molecule has 0 spiro atoms. The molecule has 2 aliphatic heterocycles. The quantitative estimate of drug-likeness (QED) is 0.589. The first kappa shape index (κ1) is 19.7. The second-order valence-electron chi connectivity index (χ2n) is 7.12. The molecule has 0 aliphatic carbocycles. The Morgan fingerprint density at radius 2 is 2.00 bits per heavy atom. The lowest BCUT2D eigenvalue weighted by Crippen LogP contribution is -2.37. The first-order valence-corrected chi connectivity index (χ1v) is 10.6. The minimum Gasteiger partial charge on any atom is -0.479 e. The number of aliphatic carboxylic acids is 1. The van der Waals surface area contributed by atoms with Gasteiger partial charge in [0.15, 0.2) is 6.04 Å². The Bertz CT molecular complexity index is 1020. The number of hydrogen-bond donors (Lipinski definition) is 1. The number of rotatable bonds is 4. The highest BCUT2D eigenvalue weighted by molar-refractivity contribution is 8.26.